The Morgan fingerprint density at radius 2 is 1.91 bits per heavy atom. The third kappa shape index (κ3) is 6.53. The van der Waals surface area contributed by atoms with Crippen LogP contribution in [0.3, 0.4) is 0 Å². The summed E-state index contributed by atoms with van der Waals surface area (Å²) < 4.78 is 5.32. The topological polar surface area (TPSA) is 21.3 Å². The SMILES string of the molecule is CN[SiH](CCC(C)(C)C)OC. The molecule has 0 heterocycles. The van der Waals surface area contributed by atoms with Crippen molar-refractivity contribution in [3.05, 3.63) is 0 Å². The fraction of sp³-hybridized carbons (Fsp3) is 1.00. The van der Waals surface area contributed by atoms with E-state index >= 15 is 0 Å². The van der Waals surface area contributed by atoms with Crippen LogP contribution in [0.1, 0.15) is 27.2 Å². The minimum atomic E-state index is -1.04. The summed E-state index contributed by atoms with van der Waals surface area (Å²) in [6, 6.07) is 1.22. The van der Waals surface area contributed by atoms with Crippen LogP contribution in [0.15, 0.2) is 0 Å². The molecule has 0 bridgehead atoms. The van der Waals surface area contributed by atoms with Crippen LogP contribution in [-0.4, -0.2) is 23.4 Å². The van der Waals surface area contributed by atoms with Gasteiger partial charge in [0.15, 0.2) is 0 Å². The summed E-state index contributed by atoms with van der Waals surface area (Å²) in [4.78, 5) is 3.24. The van der Waals surface area contributed by atoms with E-state index in [4.69, 9.17) is 4.43 Å². The minimum absolute atomic E-state index is 0.445. The van der Waals surface area contributed by atoms with Crippen molar-refractivity contribution >= 4 is 9.20 Å². The molecule has 1 atom stereocenters. The van der Waals surface area contributed by atoms with Gasteiger partial charge >= 0.3 is 0 Å². The minimum Gasteiger partial charge on any atom is -0.409 e. The second-order valence-corrected chi connectivity index (χ2v) is 6.72. The fourth-order valence-corrected chi connectivity index (χ4v) is 2.83. The highest BCUT2D eigenvalue weighted by molar-refractivity contribution is 6.48. The number of hydrogen-bond acceptors (Lipinski definition) is 2. The standard InChI is InChI=1S/C8H21NOSi/c1-8(2,3)6-7-11(9-4)10-5/h9,11H,6-7H2,1-5H3. The molecular weight excluding hydrogens is 154 g/mol. The highest BCUT2D eigenvalue weighted by Crippen LogP contribution is 2.21. The van der Waals surface area contributed by atoms with Crippen molar-refractivity contribution in [3.63, 3.8) is 0 Å². The third-order valence-corrected chi connectivity index (χ3v) is 3.79. The molecule has 1 unspecified atom stereocenters. The van der Waals surface area contributed by atoms with Gasteiger partial charge < -0.3 is 9.41 Å². The quantitative estimate of drug-likeness (QED) is 0.654. The van der Waals surface area contributed by atoms with Gasteiger partial charge in [0.25, 0.3) is 9.20 Å². The Morgan fingerprint density at radius 1 is 1.36 bits per heavy atom. The molecule has 0 aromatic rings. The maximum atomic E-state index is 5.32. The van der Waals surface area contributed by atoms with Gasteiger partial charge in [0.1, 0.15) is 0 Å². The molecule has 0 saturated heterocycles. The summed E-state index contributed by atoms with van der Waals surface area (Å²) >= 11 is 0. The maximum absolute atomic E-state index is 5.32. The molecule has 0 spiro atoms. The van der Waals surface area contributed by atoms with E-state index in [1.54, 1.807) is 7.11 Å². The van der Waals surface area contributed by atoms with Gasteiger partial charge in [0.05, 0.1) is 0 Å². The van der Waals surface area contributed by atoms with E-state index in [0.717, 1.165) is 0 Å². The lowest BCUT2D eigenvalue weighted by atomic mass is 9.94. The zero-order valence-electron chi connectivity index (χ0n) is 8.40. The highest BCUT2D eigenvalue weighted by atomic mass is 28.3. The fourth-order valence-electron chi connectivity index (χ4n) is 0.944. The summed E-state index contributed by atoms with van der Waals surface area (Å²) in [5.74, 6) is 0. The Hall–Kier alpha value is 0.137. The van der Waals surface area contributed by atoms with E-state index in [2.05, 4.69) is 25.8 Å². The molecule has 0 amide bonds. The Labute approximate surface area is 72.1 Å². The summed E-state index contributed by atoms with van der Waals surface area (Å²) in [7, 11) is 2.75. The van der Waals surface area contributed by atoms with Gasteiger partial charge in [-0.25, -0.2) is 0 Å². The summed E-state index contributed by atoms with van der Waals surface area (Å²) in [5, 5.41) is 0. The molecule has 0 aliphatic rings. The summed E-state index contributed by atoms with van der Waals surface area (Å²) in [5.41, 5.74) is 0.445. The largest absolute Gasteiger partial charge is 0.409 e. The highest BCUT2D eigenvalue weighted by Gasteiger charge is 2.14. The first-order chi connectivity index (χ1) is 4.99. The average Bonchev–Trinajstić information content (AvgIpc) is 1.88. The predicted octanol–water partition coefficient (Wildman–Crippen LogP) is 1.51. The molecule has 0 fully saturated rings. The van der Waals surface area contributed by atoms with Gasteiger partial charge in [-0.05, 0) is 24.9 Å². The zero-order valence-corrected chi connectivity index (χ0v) is 9.55. The normalized spacial score (nSPS) is 15.0. The molecule has 0 saturated carbocycles. The van der Waals surface area contributed by atoms with Crippen LogP contribution in [0.2, 0.25) is 6.04 Å². The van der Waals surface area contributed by atoms with Gasteiger partial charge in [-0.1, -0.05) is 20.8 Å². The molecule has 68 valence electrons. The van der Waals surface area contributed by atoms with E-state index in [-0.39, 0.29) is 0 Å². The van der Waals surface area contributed by atoms with Crippen LogP contribution in [-0.2, 0) is 4.43 Å². The molecule has 3 heteroatoms. The van der Waals surface area contributed by atoms with Gasteiger partial charge in [-0.3, -0.25) is 0 Å². The average molecular weight is 175 g/mol. The Bertz CT molecular complexity index is 96.8. The van der Waals surface area contributed by atoms with E-state index in [1.807, 2.05) is 7.05 Å². The van der Waals surface area contributed by atoms with E-state index in [9.17, 15) is 0 Å². The van der Waals surface area contributed by atoms with E-state index in [0.29, 0.717) is 5.41 Å². The van der Waals surface area contributed by atoms with Crippen LogP contribution >= 0.6 is 0 Å². The van der Waals surface area contributed by atoms with Gasteiger partial charge in [-0.15, -0.1) is 0 Å². The Kier molecular flexibility index (Phi) is 4.96. The second kappa shape index (κ2) is 4.90. The van der Waals surface area contributed by atoms with Crippen molar-refractivity contribution in [2.24, 2.45) is 5.41 Å². The van der Waals surface area contributed by atoms with Crippen molar-refractivity contribution in [2.75, 3.05) is 14.2 Å². The lowest BCUT2D eigenvalue weighted by Gasteiger charge is -2.20. The van der Waals surface area contributed by atoms with E-state index in [1.165, 1.54) is 12.5 Å². The molecule has 0 aliphatic heterocycles. The Balaban J connectivity index is 3.51. The molecule has 11 heavy (non-hydrogen) atoms. The van der Waals surface area contributed by atoms with Crippen LogP contribution < -0.4 is 4.98 Å². The number of rotatable bonds is 4. The molecular formula is C8H21NOSi. The van der Waals surface area contributed by atoms with Crippen LogP contribution in [0.25, 0.3) is 0 Å². The maximum Gasteiger partial charge on any atom is 0.251 e. The van der Waals surface area contributed by atoms with Gasteiger partial charge in [-0.2, -0.15) is 0 Å². The van der Waals surface area contributed by atoms with Crippen molar-refractivity contribution in [1.82, 2.24) is 4.98 Å². The predicted molar refractivity (Wildman–Crippen MR) is 52.1 cm³/mol. The van der Waals surface area contributed by atoms with Gasteiger partial charge in [0.2, 0.25) is 0 Å². The van der Waals surface area contributed by atoms with Crippen LogP contribution in [0.5, 0.6) is 0 Å². The monoisotopic (exact) mass is 175 g/mol. The molecule has 0 aromatic carbocycles. The first-order valence-corrected chi connectivity index (χ1v) is 6.06. The van der Waals surface area contributed by atoms with Gasteiger partial charge in [0, 0.05) is 7.11 Å². The lowest BCUT2D eigenvalue weighted by molar-refractivity contribution is 0.366. The van der Waals surface area contributed by atoms with Crippen LogP contribution in [0.4, 0.5) is 0 Å². The molecule has 1 N–H and O–H groups in total. The molecule has 0 aromatic heterocycles. The smallest absolute Gasteiger partial charge is 0.251 e. The first-order valence-electron chi connectivity index (χ1n) is 4.19. The van der Waals surface area contributed by atoms with Crippen molar-refractivity contribution in [2.45, 2.75) is 33.2 Å². The number of hydrogen-bond donors (Lipinski definition) is 1. The molecule has 2 nitrogen and oxygen atoms in total. The summed E-state index contributed by atoms with van der Waals surface area (Å²) in [6.07, 6.45) is 1.25. The van der Waals surface area contributed by atoms with Crippen molar-refractivity contribution in [3.8, 4) is 0 Å². The van der Waals surface area contributed by atoms with Crippen molar-refractivity contribution < 1.29 is 4.43 Å². The second-order valence-electron chi connectivity index (χ2n) is 4.11. The molecule has 0 aliphatic carbocycles. The summed E-state index contributed by atoms with van der Waals surface area (Å²) in [6.45, 7) is 6.80. The van der Waals surface area contributed by atoms with E-state index < -0.39 is 9.20 Å². The number of nitrogens with one attached hydrogen (secondary N) is 1. The Morgan fingerprint density at radius 3 is 2.18 bits per heavy atom. The van der Waals surface area contributed by atoms with Crippen molar-refractivity contribution in [1.29, 1.82) is 0 Å². The first kappa shape index (κ1) is 11.1. The molecule has 0 rings (SSSR count). The lowest BCUT2D eigenvalue weighted by Crippen LogP contribution is -2.33. The zero-order chi connectivity index (χ0) is 8.91. The third-order valence-electron chi connectivity index (χ3n) is 1.76. The molecule has 0 radical (unpaired) electrons. The van der Waals surface area contributed by atoms with Crippen LogP contribution in [0, 0.1) is 5.41 Å².